The van der Waals surface area contributed by atoms with Gasteiger partial charge >= 0.3 is 34.6 Å². The number of hydrogen-bond acceptors (Lipinski definition) is 0. The van der Waals surface area contributed by atoms with Gasteiger partial charge < -0.3 is 0 Å². The van der Waals surface area contributed by atoms with Crippen LogP contribution in [0.5, 0.6) is 0 Å². The molecule has 36 heavy (non-hydrogen) atoms. The van der Waals surface area contributed by atoms with Crippen LogP contribution in [-0.4, -0.2) is 12.3 Å². The second-order valence-corrected chi connectivity index (χ2v) is 14.6. The molecule has 2 aliphatic carbocycles. The van der Waals surface area contributed by atoms with Crippen molar-refractivity contribution in [2.45, 2.75) is 46.1 Å². The van der Waals surface area contributed by atoms with Crippen LogP contribution >= 0.6 is 0 Å². The summed E-state index contributed by atoms with van der Waals surface area (Å²) in [5.41, 5.74) is 6.28. The zero-order valence-corrected chi connectivity index (χ0v) is 25.0. The molecule has 0 saturated carbocycles. The summed E-state index contributed by atoms with van der Waals surface area (Å²) in [6.07, 6.45) is 2.63. The van der Waals surface area contributed by atoms with Gasteiger partial charge in [-0.1, -0.05) is 80.4 Å². The van der Waals surface area contributed by atoms with E-state index < -0.39 is 19.8 Å². The molecular weight excluding hydrogens is 549 g/mol. The van der Waals surface area contributed by atoms with Gasteiger partial charge in [-0.25, -0.2) is 10.8 Å². The quantitative estimate of drug-likeness (QED) is 0.156. The van der Waals surface area contributed by atoms with E-state index in [-0.39, 0.29) is 0 Å². The summed E-state index contributed by atoms with van der Waals surface area (Å²) in [4.78, 5) is 0. The van der Waals surface area contributed by atoms with E-state index in [4.69, 9.17) is 0 Å². The molecule has 188 valence electrons. The molecule has 5 heteroatoms. The number of benzene rings is 3. The summed E-state index contributed by atoms with van der Waals surface area (Å²) >= 11 is 1.30. The molecule has 0 amide bonds. The van der Waals surface area contributed by atoms with Crippen molar-refractivity contribution in [1.82, 2.24) is 0 Å². The summed E-state index contributed by atoms with van der Waals surface area (Å²) in [5.74, 6) is 0.553. The van der Waals surface area contributed by atoms with Gasteiger partial charge in [0.05, 0.1) is 0 Å². The molecule has 0 bridgehead atoms. The maximum atomic E-state index is 11.8. The Balaban J connectivity index is 0.000000186. The van der Waals surface area contributed by atoms with Crippen LogP contribution in [0.15, 0.2) is 83.6 Å². The molecule has 5 rings (SSSR count). The van der Waals surface area contributed by atoms with Gasteiger partial charge in [0.1, 0.15) is 0 Å². The number of hydrogen-bond donors (Lipinski definition) is 0. The predicted molar refractivity (Wildman–Crippen MR) is 144 cm³/mol. The van der Waals surface area contributed by atoms with Crippen LogP contribution in [0.2, 0.25) is 19.6 Å². The summed E-state index contributed by atoms with van der Waals surface area (Å²) < 4.78 is 38.7. The summed E-state index contributed by atoms with van der Waals surface area (Å²) in [7, 11) is -1.07. The number of halogens is 3. The molecule has 0 nitrogen and oxygen atoms in total. The minimum absolute atomic E-state index is 0.553. The second-order valence-electron chi connectivity index (χ2n) is 9.57. The van der Waals surface area contributed by atoms with E-state index in [1.807, 2.05) is 6.07 Å². The molecule has 0 heterocycles. The molecule has 3 aromatic carbocycles. The molecule has 0 aliphatic heterocycles. The van der Waals surface area contributed by atoms with E-state index in [0.717, 1.165) is 18.6 Å². The Morgan fingerprint density at radius 3 is 2.03 bits per heavy atom. The fourth-order valence-electron chi connectivity index (χ4n) is 4.22. The molecule has 0 N–H and O–H groups in total. The molecule has 0 fully saturated rings. The predicted octanol–water partition coefficient (Wildman–Crippen LogP) is 8.72. The maximum Gasteiger partial charge on any atom is -0.0253 e. The van der Waals surface area contributed by atoms with Gasteiger partial charge in [0.2, 0.25) is 0 Å². The second kappa shape index (κ2) is 13.4. The van der Waals surface area contributed by atoms with E-state index >= 15 is 0 Å². The van der Waals surface area contributed by atoms with Crippen molar-refractivity contribution in [1.29, 1.82) is 0 Å². The minimum atomic E-state index is -4.23. The Labute approximate surface area is 230 Å². The monoisotopic (exact) mass is 579 g/mol. The van der Waals surface area contributed by atoms with Crippen molar-refractivity contribution in [3.05, 3.63) is 118 Å². The number of allylic oxidation sites excluding steroid dienone is 4. The van der Waals surface area contributed by atoms with Crippen molar-refractivity contribution in [3.63, 3.8) is 0 Å². The third kappa shape index (κ3) is 8.49. The maximum absolute atomic E-state index is 11.8. The molecule has 1 unspecified atom stereocenters. The molecule has 3 aromatic rings. The Bertz CT molecular complexity index is 1140. The smallest absolute Gasteiger partial charge is 0.0253 e. The zero-order valence-electron chi connectivity index (χ0n) is 21.6. The van der Waals surface area contributed by atoms with E-state index in [9.17, 15) is 13.2 Å². The van der Waals surface area contributed by atoms with Crippen LogP contribution in [0.4, 0.5) is 13.2 Å². The third-order valence-electron chi connectivity index (χ3n) is 5.73. The SMILES string of the molecule is CC1=[C-]C(C)C=C1[Si](C)(C)C.FC(F)(F)c1cc[c-]cc1.[CH2]=[Zr].[c-]1cccc2c1Cc1ccccc1-2. The number of fused-ring (bicyclic) bond motifs is 3. The minimum Gasteiger partial charge on any atom is -0.179 e. The molecular formula is C31H32F3SiZr-3. The van der Waals surface area contributed by atoms with E-state index in [0.29, 0.717) is 5.92 Å². The average molecular weight is 581 g/mol. The van der Waals surface area contributed by atoms with Crippen LogP contribution in [0, 0.1) is 24.1 Å². The molecule has 0 radical (unpaired) electrons. The van der Waals surface area contributed by atoms with Gasteiger partial charge in [0.25, 0.3) is 0 Å². The summed E-state index contributed by atoms with van der Waals surface area (Å²) in [6.45, 7) is 11.6. The van der Waals surface area contributed by atoms with E-state index in [1.54, 1.807) is 5.20 Å². The van der Waals surface area contributed by atoms with Gasteiger partial charge in [-0.05, 0) is 14.5 Å². The van der Waals surface area contributed by atoms with Gasteiger partial charge in [-0.3, -0.25) is 6.08 Å². The van der Waals surface area contributed by atoms with Crippen LogP contribution < -0.4 is 0 Å². The average Bonchev–Trinajstić information content (AvgIpc) is 3.40. The molecule has 2 aliphatic rings. The van der Waals surface area contributed by atoms with Crippen LogP contribution in [0.1, 0.15) is 30.5 Å². The van der Waals surface area contributed by atoms with Gasteiger partial charge in [0, 0.05) is 0 Å². The van der Waals surface area contributed by atoms with Crippen molar-refractivity contribution in [3.8, 4) is 11.1 Å². The largest absolute Gasteiger partial charge is 0.179 e. The van der Waals surface area contributed by atoms with Crippen LogP contribution in [0.25, 0.3) is 11.1 Å². The first-order valence-electron chi connectivity index (χ1n) is 11.8. The first-order chi connectivity index (χ1) is 17.0. The Kier molecular flexibility index (Phi) is 11.3. The van der Waals surface area contributed by atoms with E-state index in [2.05, 4.69) is 98.4 Å². The van der Waals surface area contributed by atoms with Crippen molar-refractivity contribution in [2.75, 3.05) is 0 Å². The molecule has 0 aromatic heterocycles. The number of alkyl halides is 3. The Hall–Kier alpha value is -2.10. The van der Waals surface area contributed by atoms with Crippen molar-refractivity contribution in [2.24, 2.45) is 5.92 Å². The van der Waals surface area contributed by atoms with Gasteiger partial charge in [-0.15, -0.1) is 5.56 Å². The number of rotatable bonds is 1. The Morgan fingerprint density at radius 1 is 0.917 bits per heavy atom. The fourth-order valence-corrected chi connectivity index (χ4v) is 6.17. The molecule has 0 spiro atoms. The standard InChI is InChI=1S/C13H9.C10H17Si.C7H4F3.CH2.Zr/c1-3-7-12-10(5-1)9-11-6-2-4-8-13(11)12;1-8-6-9(2)10(7-8)11(3,4)5;8-7(9,10)6-4-2-1-3-5-6;;/h1-5,7-8H,9H2;7-8H,1-5H3;2-5H;1H2;/q3*-1;;. The fraction of sp³-hybridized carbons (Fsp3) is 0.258. The normalized spacial score (nSPS) is 15.4. The zero-order chi connectivity index (χ0) is 26.9. The summed E-state index contributed by atoms with van der Waals surface area (Å²) in [6, 6.07) is 25.1. The van der Waals surface area contributed by atoms with Gasteiger partial charge in [-0.2, -0.15) is 79.4 Å². The van der Waals surface area contributed by atoms with Crippen LogP contribution in [0.3, 0.4) is 0 Å². The van der Waals surface area contributed by atoms with Crippen LogP contribution in [-0.2, 0) is 36.8 Å². The van der Waals surface area contributed by atoms with Crippen molar-refractivity contribution >= 4 is 12.3 Å². The first kappa shape index (κ1) is 30.1. The van der Waals surface area contributed by atoms with E-state index in [1.165, 1.54) is 64.2 Å². The summed E-state index contributed by atoms with van der Waals surface area (Å²) in [5, 5.41) is 1.60. The van der Waals surface area contributed by atoms with Crippen molar-refractivity contribution < 1.29 is 37.4 Å². The molecule has 1 atom stereocenters. The topological polar surface area (TPSA) is 0 Å². The molecule has 0 saturated heterocycles. The first-order valence-corrected chi connectivity index (χ1v) is 17.0. The third-order valence-corrected chi connectivity index (χ3v) is 7.89. The van der Waals surface area contributed by atoms with Gasteiger partial charge in [0.15, 0.2) is 0 Å². The Morgan fingerprint density at radius 2 is 1.53 bits per heavy atom.